The largest absolute Gasteiger partial charge is 0.353 e. The average Bonchev–Trinajstić information content (AvgIpc) is 2.71. The molecule has 0 aromatic carbocycles. The Balaban J connectivity index is 1.97. The van der Waals surface area contributed by atoms with E-state index < -0.39 is 0 Å². The molecule has 5 nitrogen and oxygen atoms in total. The molecule has 0 saturated heterocycles. The Morgan fingerprint density at radius 1 is 1.17 bits per heavy atom. The summed E-state index contributed by atoms with van der Waals surface area (Å²) >= 11 is 5.88. The first-order valence-electron chi connectivity index (χ1n) is 5.41. The number of rotatable bonds is 2. The number of anilines is 2. The first-order valence-corrected chi connectivity index (χ1v) is 5.78. The van der Waals surface area contributed by atoms with Crippen LogP contribution >= 0.6 is 11.6 Å². The highest BCUT2D eigenvalue weighted by Crippen LogP contribution is 2.22. The van der Waals surface area contributed by atoms with Gasteiger partial charge in [-0.1, -0.05) is 11.6 Å². The van der Waals surface area contributed by atoms with Crippen molar-refractivity contribution >= 4 is 34.0 Å². The number of pyridine rings is 2. The molecule has 3 aromatic heterocycles. The number of fused-ring (bicyclic) bond motifs is 1. The fraction of sp³-hybridized carbons (Fsp3) is 0.0833. The number of halogens is 1. The number of hydrogen-bond donors (Lipinski definition) is 2. The Morgan fingerprint density at radius 2 is 2.00 bits per heavy atom. The van der Waals surface area contributed by atoms with Crippen LogP contribution in [0.5, 0.6) is 0 Å². The minimum Gasteiger partial charge on any atom is -0.353 e. The van der Waals surface area contributed by atoms with Crippen molar-refractivity contribution in [3.63, 3.8) is 0 Å². The van der Waals surface area contributed by atoms with Crippen LogP contribution in [-0.4, -0.2) is 20.2 Å². The van der Waals surface area contributed by atoms with E-state index in [4.69, 9.17) is 11.6 Å². The van der Waals surface area contributed by atoms with Crippen molar-refractivity contribution in [1.29, 1.82) is 0 Å². The van der Waals surface area contributed by atoms with E-state index in [1.165, 1.54) is 0 Å². The van der Waals surface area contributed by atoms with Gasteiger partial charge in [-0.15, -0.1) is 0 Å². The zero-order valence-corrected chi connectivity index (χ0v) is 10.4. The van der Waals surface area contributed by atoms with E-state index in [9.17, 15) is 0 Å². The molecule has 0 unspecified atom stereocenters. The Kier molecular flexibility index (Phi) is 2.60. The van der Waals surface area contributed by atoms with Gasteiger partial charge in [-0.3, -0.25) is 10.1 Å². The molecule has 0 aliphatic rings. The molecule has 18 heavy (non-hydrogen) atoms. The number of H-pyrrole nitrogens is 1. The van der Waals surface area contributed by atoms with Crippen molar-refractivity contribution in [2.24, 2.45) is 0 Å². The third-order valence-corrected chi connectivity index (χ3v) is 2.80. The zero-order valence-electron chi connectivity index (χ0n) is 9.61. The molecule has 0 amide bonds. The first kappa shape index (κ1) is 11.0. The monoisotopic (exact) mass is 259 g/mol. The van der Waals surface area contributed by atoms with Crippen molar-refractivity contribution in [3.8, 4) is 0 Å². The van der Waals surface area contributed by atoms with Gasteiger partial charge < -0.3 is 5.32 Å². The summed E-state index contributed by atoms with van der Waals surface area (Å²) in [5.41, 5.74) is 3.40. The van der Waals surface area contributed by atoms with Crippen LogP contribution in [0.15, 0.2) is 30.7 Å². The maximum atomic E-state index is 5.88. The molecule has 0 saturated carbocycles. The summed E-state index contributed by atoms with van der Waals surface area (Å²) in [5, 5.41) is 11.8. The second-order valence-corrected chi connectivity index (χ2v) is 4.40. The third-order valence-electron chi connectivity index (χ3n) is 2.59. The smallest absolute Gasteiger partial charge is 0.181 e. The van der Waals surface area contributed by atoms with Crippen LogP contribution in [0.4, 0.5) is 11.4 Å². The lowest BCUT2D eigenvalue weighted by Crippen LogP contribution is -1.92. The average molecular weight is 260 g/mol. The zero-order chi connectivity index (χ0) is 12.5. The van der Waals surface area contributed by atoms with Crippen molar-refractivity contribution < 1.29 is 0 Å². The standard InChI is InChI=1S/C12H10ClN5/c1-7-11-3-10(6-15-12(11)18-17-7)16-9-2-8(13)4-14-5-9/h2-6,16H,1H3,(H,15,17,18). The quantitative estimate of drug-likeness (QED) is 0.742. The summed E-state index contributed by atoms with van der Waals surface area (Å²) in [6.07, 6.45) is 5.02. The van der Waals surface area contributed by atoms with E-state index in [-0.39, 0.29) is 0 Å². The number of nitrogens with zero attached hydrogens (tertiary/aromatic N) is 3. The molecule has 0 atom stereocenters. The van der Waals surface area contributed by atoms with Crippen LogP contribution in [0, 0.1) is 6.92 Å². The van der Waals surface area contributed by atoms with Crippen LogP contribution in [0.1, 0.15) is 5.69 Å². The van der Waals surface area contributed by atoms with Crippen LogP contribution in [0.3, 0.4) is 0 Å². The van der Waals surface area contributed by atoms with E-state index in [0.717, 1.165) is 22.5 Å². The lowest BCUT2D eigenvalue weighted by atomic mass is 10.2. The summed E-state index contributed by atoms with van der Waals surface area (Å²) in [4.78, 5) is 8.28. The Morgan fingerprint density at radius 3 is 2.83 bits per heavy atom. The topological polar surface area (TPSA) is 66.5 Å². The molecular formula is C12H10ClN5. The van der Waals surface area contributed by atoms with Gasteiger partial charge in [0.2, 0.25) is 0 Å². The molecule has 0 spiro atoms. The fourth-order valence-corrected chi connectivity index (χ4v) is 1.91. The second kappa shape index (κ2) is 4.27. The van der Waals surface area contributed by atoms with E-state index in [2.05, 4.69) is 25.5 Å². The second-order valence-electron chi connectivity index (χ2n) is 3.96. The Bertz CT molecular complexity index is 707. The van der Waals surface area contributed by atoms with E-state index in [1.54, 1.807) is 24.7 Å². The van der Waals surface area contributed by atoms with E-state index in [0.29, 0.717) is 10.7 Å². The molecule has 90 valence electrons. The van der Waals surface area contributed by atoms with Crippen molar-refractivity contribution in [2.45, 2.75) is 6.92 Å². The number of hydrogen-bond acceptors (Lipinski definition) is 4. The maximum absolute atomic E-state index is 5.88. The lowest BCUT2D eigenvalue weighted by molar-refractivity contribution is 1.05. The number of aromatic nitrogens is 4. The Labute approximate surface area is 108 Å². The van der Waals surface area contributed by atoms with E-state index >= 15 is 0 Å². The maximum Gasteiger partial charge on any atom is 0.181 e. The predicted octanol–water partition coefficient (Wildman–Crippen LogP) is 3.06. The van der Waals surface area contributed by atoms with Gasteiger partial charge in [-0.2, -0.15) is 5.10 Å². The minimum atomic E-state index is 0.591. The molecule has 6 heteroatoms. The molecule has 0 bridgehead atoms. The predicted molar refractivity (Wildman–Crippen MR) is 71.2 cm³/mol. The molecular weight excluding hydrogens is 250 g/mol. The normalized spacial score (nSPS) is 10.8. The molecule has 3 rings (SSSR count). The number of nitrogens with one attached hydrogen (secondary N) is 2. The SMILES string of the molecule is Cc1[nH]nc2ncc(Nc3cncc(Cl)c3)cc12. The highest BCUT2D eigenvalue weighted by atomic mass is 35.5. The van der Waals surface area contributed by atoms with E-state index in [1.807, 2.05) is 13.0 Å². The first-order chi connectivity index (χ1) is 8.72. The van der Waals surface area contributed by atoms with Gasteiger partial charge in [-0.25, -0.2) is 4.98 Å². The summed E-state index contributed by atoms with van der Waals surface area (Å²) in [6, 6.07) is 3.79. The molecule has 3 heterocycles. The Hall–Kier alpha value is -2.14. The van der Waals surface area contributed by atoms with Gasteiger partial charge in [-0.05, 0) is 19.1 Å². The highest BCUT2D eigenvalue weighted by Gasteiger charge is 2.04. The van der Waals surface area contributed by atoms with Crippen molar-refractivity contribution in [3.05, 3.63) is 41.4 Å². The van der Waals surface area contributed by atoms with Gasteiger partial charge >= 0.3 is 0 Å². The van der Waals surface area contributed by atoms with Crippen LogP contribution in [0.2, 0.25) is 5.02 Å². The molecule has 0 fully saturated rings. The lowest BCUT2D eigenvalue weighted by Gasteiger charge is -2.05. The fourth-order valence-electron chi connectivity index (χ4n) is 1.73. The van der Waals surface area contributed by atoms with Gasteiger partial charge in [0.1, 0.15) is 0 Å². The molecule has 3 aromatic rings. The van der Waals surface area contributed by atoms with Crippen molar-refractivity contribution in [2.75, 3.05) is 5.32 Å². The van der Waals surface area contributed by atoms with Crippen LogP contribution < -0.4 is 5.32 Å². The van der Waals surface area contributed by atoms with Crippen molar-refractivity contribution in [1.82, 2.24) is 20.2 Å². The summed E-state index contributed by atoms with van der Waals surface area (Å²) in [7, 11) is 0. The molecule has 0 radical (unpaired) electrons. The minimum absolute atomic E-state index is 0.591. The summed E-state index contributed by atoms with van der Waals surface area (Å²) in [6.45, 7) is 1.96. The summed E-state index contributed by atoms with van der Waals surface area (Å²) < 4.78 is 0. The number of aryl methyl sites for hydroxylation is 1. The molecule has 0 aliphatic carbocycles. The summed E-state index contributed by atoms with van der Waals surface area (Å²) in [5.74, 6) is 0. The molecule has 2 N–H and O–H groups in total. The highest BCUT2D eigenvalue weighted by molar-refractivity contribution is 6.30. The van der Waals surface area contributed by atoms with Gasteiger partial charge in [0, 0.05) is 17.3 Å². The van der Waals surface area contributed by atoms with Crippen LogP contribution in [0.25, 0.3) is 11.0 Å². The number of aromatic amines is 1. The molecule has 0 aliphatic heterocycles. The third kappa shape index (κ3) is 2.00. The van der Waals surface area contributed by atoms with Crippen LogP contribution in [-0.2, 0) is 0 Å². The van der Waals surface area contributed by atoms with Gasteiger partial charge in [0.15, 0.2) is 5.65 Å². The van der Waals surface area contributed by atoms with Gasteiger partial charge in [0.05, 0.1) is 28.8 Å². The van der Waals surface area contributed by atoms with Gasteiger partial charge in [0.25, 0.3) is 0 Å².